The Bertz CT molecular complexity index is 1210. The monoisotopic (exact) mass is 893 g/mol. The van der Waals surface area contributed by atoms with Gasteiger partial charge in [0.05, 0.1) is 0 Å². The number of esters is 3. The van der Waals surface area contributed by atoms with Crippen LogP contribution in [0.1, 0.15) is 258 Å². The Balaban J connectivity index is 4.20. The van der Waals surface area contributed by atoms with E-state index >= 15 is 0 Å². The second kappa shape index (κ2) is 52.5. The maximum atomic E-state index is 12.8. The molecule has 6 heteroatoms. The van der Waals surface area contributed by atoms with E-state index in [1.54, 1.807) is 0 Å². The number of carbonyl (C=O) groups excluding carboxylic acids is 3. The van der Waals surface area contributed by atoms with Gasteiger partial charge in [-0.05, 0) is 89.9 Å². The van der Waals surface area contributed by atoms with Crippen LogP contribution < -0.4 is 0 Å². The van der Waals surface area contributed by atoms with E-state index in [1.807, 2.05) is 0 Å². The number of rotatable bonds is 48. The lowest BCUT2D eigenvalue weighted by Crippen LogP contribution is -2.30. The lowest BCUT2D eigenvalue weighted by Gasteiger charge is -2.18. The largest absolute Gasteiger partial charge is 0.462 e. The molecule has 0 saturated carbocycles. The van der Waals surface area contributed by atoms with Gasteiger partial charge < -0.3 is 14.2 Å². The molecule has 0 bridgehead atoms. The first-order valence-electron chi connectivity index (χ1n) is 26.9. The van der Waals surface area contributed by atoms with Crippen LogP contribution in [-0.4, -0.2) is 37.2 Å². The molecule has 0 aliphatic heterocycles. The van der Waals surface area contributed by atoms with Crippen molar-refractivity contribution in [2.75, 3.05) is 13.2 Å². The van der Waals surface area contributed by atoms with Gasteiger partial charge in [-0.2, -0.15) is 0 Å². The summed E-state index contributed by atoms with van der Waals surface area (Å²) in [5.41, 5.74) is 0. The molecule has 0 heterocycles. The standard InChI is InChI=1S/C58H100O6/c1-4-7-10-13-16-18-20-22-24-26-28-29-31-32-34-36-38-40-42-45-48-51-57(60)63-54-55(53-62-56(59)50-47-44-15-12-9-6-3)64-58(61)52-49-46-43-41-39-37-35-33-30-27-25-23-21-19-17-14-11-8-5-2/h7,10,16-19,22-25,28-29,55H,4-6,8-9,11-15,20-21,26-27,30-54H2,1-3H3/b10-7-,18-16-,19-17-,24-22-,25-23-,29-28-. The first kappa shape index (κ1) is 60.9. The highest BCUT2D eigenvalue weighted by Gasteiger charge is 2.19. The third kappa shape index (κ3) is 49.9. The Morgan fingerprint density at radius 2 is 0.609 bits per heavy atom. The predicted octanol–water partition coefficient (Wildman–Crippen LogP) is 17.8. The van der Waals surface area contributed by atoms with Crippen LogP contribution >= 0.6 is 0 Å². The van der Waals surface area contributed by atoms with E-state index < -0.39 is 6.10 Å². The minimum absolute atomic E-state index is 0.0794. The summed E-state index contributed by atoms with van der Waals surface area (Å²) in [5, 5.41) is 0. The molecule has 0 aromatic heterocycles. The normalized spacial score (nSPS) is 12.6. The molecule has 0 radical (unpaired) electrons. The van der Waals surface area contributed by atoms with E-state index in [9.17, 15) is 14.4 Å². The van der Waals surface area contributed by atoms with Gasteiger partial charge in [0.25, 0.3) is 0 Å². The van der Waals surface area contributed by atoms with Crippen LogP contribution in [0.2, 0.25) is 0 Å². The Labute approximate surface area is 395 Å². The molecule has 1 unspecified atom stereocenters. The van der Waals surface area contributed by atoms with E-state index in [0.29, 0.717) is 19.3 Å². The number of carbonyl (C=O) groups is 3. The quantitative estimate of drug-likeness (QED) is 0.0262. The first-order valence-corrected chi connectivity index (χ1v) is 26.9. The smallest absolute Gasteiger partial charge is 0.306 e. The van der Waals surface area contributed by atoms with Crippen molar-refractivity contribution >= 4 is 17.9 Å². The molecule has 368 valence electrons. The Morgan fingerprint density at radius 1 is 0.328 bits per heavy atom. The van der Waals surface area contributed by atoms with Gasteiger partial charge in [0.2, 0.25) is 0 Å². The summed E-state index contributed by atoms with van der Waals surface area (Å²) in [7, 11) is 0. The van der Waals surface area contributed by atoms with Gasteiger partial charge in [-0.1, -0.05) is 222 Å². The van der Waals surface area contributed by atoms with Crippen molar-refractivity contribution < 1.29 is 28.6 Å². The highest BCUT2D eigenvalue weighted by molar-refractivity contribution is 5.71. The van der Waals surface area contributed by atoms with Gasteiger partial charge in [0.15, 0.2) is 6.10 Å². The molecule has 1 atom stereocenters. The number of ether oxygens (including phenoxy) is 3. The molecule has 0 spiro atoms. The summed E-state index contributed by atoms with van der Waals surface area (Å²) in [6, 6.07) is 0. The third-order valence-electron chi connectivity index (χ3n) is 11.4. The number of hydrogen-bond donors (Lipinski definition) is 0. The van der Waals surface area contributed by atoms with E-state index in [-0.39, 0.29) is 31.1 Å². The summed E-state index contributed by atoms with van der Waals surface area (Å²) >= 11 is 0. The van der Waals surface area contributed by atoms with Gasteiger partial charge >= 0.3 is 17.9 Å². The fraction of sp³-hybridized carbons (Fsp3) is 0.741. The summed E-state index contributed by atoms with van der Waals surface area (Å²) in [5.74, 6) is -0.898. The lowest BCUT2D eigenvalue weighted by molar-refractivity contribution is -0.167. The summed E-state index contributed by atoms with van der Waals surface area (Å²) < 4.78 is 16.7. The van der Waals surface area contributed by atoms with E-state index in [0.717, 1.165) is 96.3 Å². The van der Waals surface area contributed by atoms with Crippen molar-refractivity contribution in [2.45, 2.75) is 264 Å². The number of hydrogen-bond acceptors (Lipinski definition) is 6. The van der Waals surface area contributed by atoms with Gasteiger partial charge in [0, 0.05) is 19.3 Å². The highest BCUT2D eigenvalue weighted by Crippen LogP contribution is 2.15. The van der Waals surface area contributed by atoms with Gasteiger partial charge in [-0.25, -0.2) is 0 Å². The zero-order chi connectivity index (χ0) is 46.5. The molecular formula is C58H100O6. The maximum Gasteiger partial charge on any atom is 0.306 e. The summed E-state index contributed by atoms with van der Waals surface area (Å²) in [6.45, 7) is 6.44. The molecule has 0 saturated heterocycles. The predicted molar refractivity (Wildman–Crippen MR) is 274 cm³/mol. The minimum Gasteiger partial charge on any atom is -0.462 e. The van der Waals surface area contributed by atoms with E-state index in [1.165, 1.54) is 122 Å². The number of allylic oxidation sites excluding steroid dienone is 12. The zero-order valence-corrected chi connectivity index (χ0v) is 42.0. The van der Waals surface area contributed by atoms with Crippen LogP contribution in [0.4, 0.5) is 0 Å². The fourth-order valence-corrected chi connectivity index (χ4v) is 7.40. The average molecular weight is 893 g/mol. The van der Waals surface area contributed by atoms with Crippen LogP contribution in [0.3, 0.4) is 0 Å². The lowest BCUT2D eigenvalue weighted by atomic mass is 10.1. The van der Waals surface area contributed by atoms with Crippen molar-refractivity contribution in [1.29, 1.82) is 0 Å². The Morgan fingerprint density at radius 3 is 0.984 bits per heavy atom. The SMILES string of the molecule is CC/C=C\C/C=C\C/C=C\C/C=C\CCCCCCCCCCC(=O)OCC(COC(=O)CCCCCCCC)OC(=O)CCCCCCCCCCC/C=C\C/C=C\CCCCC. The van der Waals surface area contributed by atoms with Gasteiger partial charge in [-0.15, -0.1) is 0 Å². The topological polar surface area (TPSA) is 78.9 Å². The molecule has 6 nitrogen and oxygen atoms in total. The van der Waals surface area contributed by atoms with Crippen LogP contribution in [-0.2, 0) is 28.6 Å². The summed E-state index contributed by atoms with van der Waals surface area (Å²) in [4.78, 5) is 37.8. The molecule has 64 heavy (non-hydrogen) atoms. The second-order valence-electron chi connectivity index (χ2n) is 17.8. The first-order chi connectivity index (χ1) is 31.5. The second-order valence-corrected chi connectivity index (χ2v) is 17.8. The van der Waals surface area contributed by atoms with Crippen molar-refractivity contribution in [3.63, 3.8) is 0 Å². The molecule has 0 N–H and O–H groups in total. The van der Waals surface area contributed by atoms with Crippen molar-refractivity contribution in [2.24, 2.45) is 0 Å². The molecule has 0 aromatic rings. The van der Waals surface area contributed by atoms with Crippen LogP contribution in [0.15, 0.2) is 72.9 Å². The van der Waals surface area contributed by atoms with Crippen LogP contribution in [0, 0.1) is 0 Å². The molecule has 0 aromatic carbocycles. The van der Waals surface area contributed by atoms with Crippen LogP contribution in [0.25, 0.3) is 0 Å². The Hall–Kier alpha value is -3.15. The van der Waals surface area contributed by atoms with Gasteiger partial charge in [-0.3, -0.25) is 14.4 Å². The molecule has 0 amide bonds. The summed E-state index contributed by atoms with van der Waals surface area (Å²) in [6.07, 6.45) is 66.2. The average Bonchev–Trinajstić information content (AvgIpc) is 3.29. The molecule has 0 aliphatic rings. The fourth-order valence-electron chi connectivity index (χ4n) is 7.40. The van der Waals surface area contributed by atoms with E-state index in [2.05, 4.69) is 93.7 Å². The van der Waals surface area contributed by atoms with Crippen molar-refractivity contribution in [3.8, 4) is 0 Å². The maximum absolute atomic E-state index is 12.8. The highest BCUT2D eigenvalue weighted by atomic mass is 16.6. The minimum atomic E-state index is -0.777. The molecule has 0 aliphatic carbocycles. The molecule has 0 fully saturated rings. The zero-order valence-electron chi connectivity index (χ0n) is 42.0. The molecular weight excluding hydrogens is 793 g/mol. The Kier molecular flexibility index (Phi) is 49.9. The third-order valence-corrected chi connectivity index (χ3v) is 11.4. The van der Waals surface area contributed by atoms with E-state index in [4.69, 9.17) is 14.2 Å². The van der Waals surface area contributed by atoms with Crippen molar-refractivity contribution in [3.05, 3.63) is 72.9 Å². The van der Waals surface area contributed by atoms with Gasteiger partial charge in [0.1, 0.15) is 13.2 Å². The molecule has 0 rings (SSSR count). The van der Waals surface area contributed by atoms with Crippen molar-refractivity contribution in [1.82, 2.24) is 0 Å². The van der Waals surface area contributed by atoms with Crippen LogP contribution in [0.5, 0.6) is 0 Å². The number of unbranched alkanes of at least 4 members (excludes halogenated alkanes) is 25.